The van der Waals surface area contributed by atoms with Gasteiger partial charge in [0, 0.05) is 0 Å². The zero-order chi connectivity index (χ0) is 17.5. The Hall–Kier alpha value is -0.780. The molecule has 25 heavy (non-hydrogen) atoms. The van der Waals surface area contributed by atoms with Crippen molar-refractivity contribution in [3.8, 4) is 0 Å². The van der Waals surface area contributed by atoms with Gasteiger partial charge in [-0.15, -0.1) is 0 Å². The minimum atomic E-state index is 0.845. The highest BCUT2D eigenvalue weighted by Gasteiger charge is 2.35. The molecule has 4 atom stereocenters. The molecule has 2 aliphatic carbocycles. The lowest BCUT2D eigenvalue weighted by Gasteiger charge is -2.42. The molecule has 0 spiro atoms. The summed E-state index contributed by atoms with van der Waals surface area (Å²) in [6.45, 7) is 4.61. The summed E-state index contributed by atoms with van der Waals surface area (Å²) in [4.78, 5) is 0. The minimum Gasteiger partial charge on any atom is -0.0654 e. The summed E-state index contributed by atoms with van der Waals surface area (Å²) in [5.41, 5.74) is 3.16. The third kappa shape index (κ3) is 5.35. The van der Waals surface area contributed by atoms with Crippen LogP contribution in [-0.2, 0) is 6.42 Å². The molecule has 0 radical (unpaired) electrons. The molecule has 0 nitrogen and oxygen atoms in total. The molecule has 2 saturated carbocycles. The maximum Gasteiger partial charge on any atom is -0.0159 e. The van der Waals surface area contributed by atoms with Crippen LogP contribution in [0.1, 0.15) is 108 Å². The molecular formula is C25H40. The van der Waals surface area contributed by atoms with E-state index >= 15 is 0 Å². The predicted molar refractivity (Wildman–Crippen MR) is 110 cm³/mol. The van der Waals surface area contributed by atoms with Gasteiger partial charge in [-0.2, -0.15) is 0 Å². The maximum absolute atomic E-state index is 2.45. The average molecular weight is 341 g/mol. The summed E-state index contributed by atoms with van der Waals surface area (Å²) in [6, 6.07) is 9.71. The van der Waals surface area contributed by atoms with Crippen LogP contribution in [0.2, 0.25) is 0 Å². The van der Waals surface area contributed by atoms with Crippen LogP contribution in [0.4, 0.5) is 0 Å². The number of benzene rings is 1. The van der Waals surface area contributed by atoms with Crippen molar-refractivity contribution in [1.29, 1.82) is 0 Å². The summed E-state index contributed by atoms with van der Waals surface area (Å²) in [5.74, 6) is 3.99. The van der Waals surface area contributed by atoms with Crippen LogP contribution in [0.3, 0.4) is 0 Å². The summed E-state index contributed by atoms with van der Waals surface area (Å²) >= 11 is 0. The van der Waals surface area contributed by atoms with Crippen LogP contribution in [0.15, 0.2) is 24.3 Å². The Morgan fingerprint density at radius 1 is 0.760 bits per heavy atom. The molecule has 3 rings (SSSR count). The van der Waals surface area contributed by atoms with Crippen molar-refractivity contribution in [2.24, 2.45) is 17.8 Å². The second kappa shape index (κ2) is 9.79. The van der Waals surface area contributed by atoms with E-state index in [-0.39, 0.29) is 0 Å². The van der Waals surface area contributed by atoms with Gasteiger partial charge in [0.2, 0.25) is 0 Å². The molecule has 0 amide bonds. The van der Waals surface area contributed by atoms with Gasteiger partial charge < -0.3 is 0 Å². The van der Waals surface area contributed by atoms with Crippen molar-refractivity contribution >= 4 is 0 Å². The Bertz CT molecular complexity index is 485. The Morgan fingerprint density at radius 2 is 1.48 bits per heavy atom. The van der Waals surface area contributed by atoms with E-state index in [0.29, 0.717) is 0 Å². The molecule has 0 aliphatic heterocycles. The van der Waals surface area contributed by atoms with E-state index in [9.17, 15) is 0 Å². The summed E-state index contributed by atoms with van der Waals surface area (Å²) in [7, 11) is 0. The van der Waals surface area contributed by atoms with Gasteiger partial charge in [-0.3, -0.25) is 0 Å². The standard InChI is InChI=1S/C25H40/c1-3-5-7-9-21-12-15-25-19-24(17-16-23(25)18-21)22-13-10-20(11-14-22)8-6-4-2/h10-11,13-14,21,23-25H,3-9,12,15-19H2,1-2H3/t21-,23-,24+,25+/m0/s1. The van der Waals surface area contributed by atoms with Crippen molar-refractivity contribution in [3.05, 3.63) is 35.4 Å². The van der Waals surface area contributed by atoms with Gasteiger partial charge in [0.1, 0.15) is 0 Å². The van der Waals surface area contributed by atoms with Crippen molar-refractivity contribution in [3.63, 3.8) is 0 Å². The Labute approximate surface area is 156 Å². The molecule has 1 aromatic rings. The molecule has 2 aliphatic rings. The molecule has 0 heteroatoms. The van der Waals surface area contributed by atoms with Crippen LogP contribution in [0.5, 0.6) is 0 Å². The quantitative estimate of drug-likeness (QED) is 0.422. The Morgan fingerprint density at radius 3 is 2.24 bits per heavy atom. The van der Waals surface area contributed by atoms with Gasteiger partial charge in [-0.05, 0) is 79.7 Å². The zero-order valence-electron chi connectivity index (χ0n) is 16.8. The number of hydrogen-bond donors (Lipinski definition) is 0. The second-order valence-corrected chi connectivity index (χ2v) is 9.05. The number of hydrogen-bond acceptors (Lipinski definition) is 0. The van der Waals surface area contributed by atoms with Crippen LogP contribution in [-0.4, -0.2) is 0 Å². The molecule has 0 heterocycles. The predicted octanol–water partition coefficient (Wildman–Crippen LogP) is 7.91. The van der Waals surface area contributed by atoms with Gasteiger partial charge >= 0.3 is 0 Å². The summed E-state index contributed by atoms with van der Waals surface area (Å²) in [5, 5.41) is 0. The van der Waals surface area contributed by atoms with Gasteiger partial charge in [-0.25, -0.2) is 0 Å². The average Bonchev–Trinajstić information content (AvgIpc) is 2.66. The molecule has 0 aromatic heterocycles. The first-order chi connectivity index (χ1) is 12.3. The number of aryl methyl sites for hydroxylation is 1. The third-order valence-electron chi connectivity index (χ3n) is 7.21. The fraction of sp³-hybridized carbons (Fsp3) is 0.760. The highest BCUT2D eigenvalue weighted by molar-refractivity contribution is 5.26. The van der Waals surface area contributed by atoms with Gasteiger partial charge in [-0.1, -0.05) is 76.6 Å². The van der Waals surface area contributed by atoms with Crippen molar-refractivity contribution in [2.45, 2.75) is 103 Å². The molecular weight excluding hydrogens is 300 g/mol. The van der Waals surface area contributed by atoms with E-state index in [1.54, 1.807) is 12.0 Å². The summed E-state index contributed by atoms with van der Waals surface area (Å²) in [6.07, 6.45) is 18.7. The Balaban J connectivity index is 1.49. The first-order valence-corrected chi connectivity index (χ1v) is 11.4. The molecule has 0 N–H and O–H groups in total. The first kappa shape index (κ1) is 19.0. The second-order valence-electron chi connectivity index (χ2n) is 9.05. The topological polar surface area (TPSA) is 0 Å². The van der Waals surface area contributed by atoms with Crippen molar-refractivity contribution < 1.29 is 0 Å². The van der Waals surface area contributed by atoms with E-state index in [1.807, 2.05) is 0 Å². The van der Waals surface area contributed by atoms with Crippen LogP contribution in [0, 0.1) is 17.8 Å². The van der Waals surface area contributed by atoms with E-state index in [1.165, 1.54) is 82.6 Å². The molecule has 0 saturated heterocycles. The summed E-state index contributed by atoms with van der Waals surface area (Å²) < 4.78 is 0. The smallest absolute Gasteiger partial charge is 0.0159 e. The van der Waals surface area contributed by atoms with Gasteiger partial charge in [0.25, 0.3) is 0 Å². The number of rotatable bonds is 8. The normalized spacial score (nSPS) is 29.4. The molecule has 2 fully saturated rings. The first-order valence-electron chi connectivity index (χ1n) is 11.4. The van der Waals surface area contributed by atoms with Gasteiger partial charge in [0.05, 0.1) is 0 Å². The monoisotopic (exact) mass is 340 g/mol. The van der Waals surface area contributed by atoms with Crippen LogP contribution >= 0.6 is 0 Å². The van der Waals surface area contributed by atoms with Crippen molar-refractivity contribution in [2.75, 3.05) is 0 Å². The highest BCUT2D eigenvalue weighted by atomic mass is 14.4. The van der Waals surface area contributed by atoms with Gasteiger partial charge in [0.15, 0.2) is 0 Å². The zero-order valence-corrected chi connectivity index (χ0v) is 16.8. The Kier molecular flexibility index (Phi) is 7.44. The molecule has 1 aromatic carbocycles. The lowest BCUT2D eigenvalue weighted by molar-refractivity contribution is 0.113. The third-order valence-corrected chi connectivity index (χ3v) is 7.21. The fourth-order valence-electron chi connectivity index (χ4n) is 5.57. The number of unbranched alkanes of at least 4 members (excludes halogenated alkanes) is 3. The molecule has 0 unspecified atom stereocenters. The molecule has 0 bridgehead atoms. The van der Waals surface area contributed by atoms with E-state index in [2.05, 4.69) is 38.1 Å². The highest BCUT2D eigenvalue weighted by Crippen LogP contribution is 2.48. The SMILES string of the molecule is CCCCC[C@H]1CC[C@@H]2C[C@H](c3ccc(CCCC)cc3)CC[C@H]2C1. The van der Waals surface area contributed by atoms with Crippen LogP contribution < -0.4 is 0 Å². The van der Waals surface area contributed by atoms with E-state index in [0.717, 1.165) is 23.7 Å². The van der Waals surface area contributed by atoms with E-state index < -0.39 is 0 Å². The maximum atomic E-state index is 2.45. The van der Waals surface area contributed by atoms with Crippen LogP contribution in [0.25, 0.3) is 0 Å². The lowest BCUT2D eigenvalue weighted by Crippen LogP contribution is -2.30. The lowest BCUT2D eigenvalue weighted by atomic mass is 9.63. The fourth-order valence-corrected chi connectivity index (χ4v) is 5.57. The molecule has 140 valence electrons. The van der Waals surface area contributed by atoms with Crippen molar-refractivity contribution in [1.82, 2.24) is 0 Å². The number of fused-ring (bicyclic) bond motifs is 1. The van der Waals surface area contributed by atoms with E-state index in [4.69, 9.17) is 0 Å². The largest absolute Gasteiger partial charge is 0.0654 e. The minimum absolute atomic E-state index is 0.845.